The van der Waals surface area contributed by atoms with Gasteiger partial charge in [0.05, 0.1) is 13.4 Å². The zero-order valence-electron chi connectivity index (χ0n) is 9.37. The van der Waals surface area contributed by atoms with Gasteiger partial charge in [0.2, 0.25) is 0 Å². The van der Waals surface area contributed by atoms with E-state index in [1.165, 1.54) is 12.1 Å². The zero-order chi connectivity index (χ0) is 12.5. The number of benzene rings is 1. The number of anilines is 1. The van der Waals surface area contributed by atoms with Crippen LogP contribution in [0.5, 0.6) is 0 Å². The van der Waals surface area contributed by atoms with Crippen LogP contribution < -0.4 is 4.90 Å². The van der Waals surface area contributed by atoms with E-state index in [-0.39, 0.29) is 5.82 Å². The molecule has 0 saturated carbocycles. The van der Waals surface area contributed by atoms with E-state index in [0.717, 1.165) is 37.2 Å². The van der Waals surface area contributed by atoms with Crippen LogP contribution in [0.15, 0.2) is 24.3 Å². The van der Waals surface area contributed by atoms with E-state index in [2.05, 4.69) is 0 Å². The lowest BCUT2D eigenvalue weighted by atomic mass is 9.80. The van der Waals surface area contributed by atoms with Crippen LogP contribution in [0.25, 0.3) is 0 Å². The van der Waals surface area contributed by atoms with E-state index in [1.54, 1.807) is 0 Å². The van der Waals surface area contributed by atoms with Crippen LogP contribution in [0.4, 0.5) is 18.9 Å². The van der Waals surface area contributed by atoms with E-state index in [1.807, 2.05) is 4.90 Å². The summed E-state index contributed by atoms with van der Waals surface area (Å²) in [6, 6.07) is 5.27. The van der Waals surface area contributed by atoms with Gasteiger partial charge in [0.15, 0.2) is 0 Å². The number of alkyl halides is 3. The molecule has 0 amide bonds. The van der Waals surface area contributed by atoms with Gasteiger partial charge in [-0.3, -0.25) is 0 Å². The van der Waals surface area contributed by atoms with Crippen molar-refractivity contribution < 1.29 is 13.2 Å². The lowest BCUT2D eigenvalue weighted by molar-refractivity contribution is -0.137. The summed E-state index contributed by atoms with van der Waals surface area (Å²) in [6.07, 6.45) is -2.30. The first kappa shape index (κ1) is 12.3. The van der Waals surface area contributed by atoms with Crippen molar-refractivity contribution in [2.24, 2.45) is 0 Å². The van der Waals surface area contributed by atoms with Crippen LogP contribution in [0, 0.1) is 0 Å². The van der Waals surface area contributed by atoms with Gasteiger partial charge in [0.1, 0.15) is 0 Å². The Hall–Kier alpha value is -1.13. The number of hydrogen-bond donors (Lipinski definition) is 0. The van der Waals surface area contributed by atoms with Gasteiger partial charge in [-0.2, -0.15) is 13.2 Å². The number of rotatable bonds is 1. The molecule has 1 aliphatic rings. The number of hydrogen-bond acceptors (Lipinski definition) is 1. The maximum absolute atomic E-state index is 12.4. The molecule has 1 aromatic carbocycles. The Morgan fingerprint density at radius 2 is 1.82 bits per heavy atom. The number of piperidine rings is 1. The molecule has 5 heteroatoms. The molecule has 1 aliphatic heterocycles. The Morgan fingerprint density at radius 1 is 1.18 bits per heavy atom. The number of nitrogens with zero attached hydrogens (tertiary/aromatic N) is 1. The molecular formula is C12H13BF3N. The Bertz CT molecular complexity index is 374. The lowest BCUT2D eigenvalue weighted by Crippen LogP contribution is -2.32. The van der Waals surface area contributed by atoms with Gasteiger partial charge < -0.3 is 4.90 Å². The van der Waals surface area contributed by atoms with E-state index in [9.17, 15) is 13.2 Å². The van der Waals surface area contributed by atoms with Crippen LogP contribution in [-0.2, 0) is 6.18 Å². The SMILES string of the molecule is [B]C1CCCN(c2ccc(C(F)(F)F)cc2)C1. The Kier molecular flexibility index (Phi) is 3.36. The van der Waals surface area contributed by atoms with Crippen molar-refractivity contribution in [3.05, 3.63) is 29.8 Å². The largest absolute Gasteiger partial charge is 0.416 e. The van der Waals surface area contributed by atoms with Crippen LogP contribution in [0.3, 0.4) is 0 Å². The van der Waals surface area contributed by atoms with E-state index >= 15 is 0 Å². The molecule has 1 nitrogen and oxygen atoms in total. The third-order valence-corrected chi connectivity index (χ3v) is 3.02. The second-order valence-corrected chi connectivity index (χ2v) is 4.39. The molecule has 1 heterocycles. The van der Waals surface area contributed by atoms with Gasteiger partial charge in [-0.1, -0.05) is 12.2 Å². The van der Waals surface area contributed by atoms with Crippen molar-refractivity contribution in [1.29, 1.82) is 0 Å². The molecule has 0 aliphatic carbocycles. The monoisotopic (exact) mass is 239 g/mol. The molecule has 1 unspecified atom stereocenters. The van der Waals surface area contributed by atoms with Crippen molar-refractivity contribution in [2.45, 2.75) is 24.8 Å². The van der Waals surface area contributed by atoms with Crippen LogP contribution in [0.1, 0.15) is 18.4 Å². The fourth-order valence-corrected chi connectivity index (χ4v) is 2.11. The molecule has 1 aromatic rings. The average molecular weight is 239 g/mol. The normalized spacial score (nSPS) is 21.6. The van der Waals surface area contributed by atoms with Crippen molar-refractivity contribution in [1.82, 2.24) is 0 Å². The molecule has 0 aromatic heterocycles. The second kappa shape index (κ2) is 4.63. The molecule has 0 spiro atoms. The molecule has 2 rings (SSSR count). The molecule has 0 N–H and O–H groups in total. The lowest BCUT2D eigenvalue weighted by Gasteiger charge is -2.33. The third kappa shape index (κ3) is 2.96. The Labute approximate surface area is 100 Å². The highest BCUT2D eigenvalue weighted by Crippen LogP contribution is 2.31. The molecule has 1 saturated heterocycles. The van der Waals surface area contributed by atoms with Gasteiger partial charge in [-0.15, -0.1) is 0 Å². The minimum Gasteiger partial charge on any atom is -0.372 e. The van der Waals surface area contributed by atoms with Gasteiger partial charge in [0.25, 0.3) is 0 Å². The average Bonchev–Trinajstić information content (AvgIpc) is 2.28. The van der Waals surface area contributed by atoms with E-state index in [0.29, 0.717) is 6.54 Å². The van der Waals surface area contributed by atoms with Gasteiger partial charge >= 0.3 is 6.18 Å². The van der Waals surface area contributed by atoms with Gasteiger partial charge in [-0.05, 0) is 30.7 Å². The predicted octanol–water partition coefficient (Wildman–Crippen LogP) is 3.26. The summed E-state index contributed by atoms with van der Waals surface area (Å²) in [7, 11) is 5.84. The summed E-state index contributed by atoms with van der Waals surface area (Å²) in [5, 5.41) is 0. The predicted molar refractivity (Wildman–Crippen MR) is 62.4 cm³/mol. The zero-order valence-corrected chi connectivity index (χ0v) is 9.37. The van der Waals surface area contributed by atoms with Crippen molar-refractivity contribution in [2.75, 3.05) is 18.0 Å². The van der Waals surface area contributed by atoms with Gasteiger partial charge in [-0.25, -0.2) is 0 Å². The molecule has 0 bridgehead atoms. The maximum Gasteiger partial charge on any atom is 0.416 e. The maximum atomic E-state index is 12.4. The number of halogens is 3. The first-order chi connectivity index (χ1) is 7.97. The summed E-state index contributed by atoms with van der Waals surface area (Å²) < 4.78 is 37.2. The molecule has 1 fully saturated rings. The summed E-state index contributed by atoms with van der Waals surface area (Å²) >= 11 is 0. The summed E-state index contributed by atoms with van der Waals surface area (Å²) in [5.41, 5.74) is 0.204. The molecule has 17 heavy (non-hydrogen) atoms. The fourth-order valence-electron chi connectivity index (χ4n) is 2.11. The van der Waals surface area contributed by atoms with Crippen LogP contribution >= 0.6 is 0 Å². The van der Waals surface area contributed by atoms with Gasteiger partial charge in [0, 0.05) is 18.8 Å². The fraction of sp³-hybridized carbons (Fsp3) is 0.500. The van der Waals surface area contributed by atoms with Crippen molar-refractivity contribution >= 4 is 13.5 Å². The Morgan fingerprint density at radius 3 is 2.35 bits per heavy atom. The highest BCUT2D eigenvalue weighted by atomic mass is 19.4. The van der Waals surface area contributed by atoms with E-state index in [4.69, 9.17) is 7.85 Å². The first-order valence-electron chi connectivity index (χ1n) is 5.64. The quantitative estimate of drug-likeness (QED) is 0.680. The minimum absolute atomic E-state index is 0.117. The molecule has 90 valence electrons. The highest BCUT2D eigenvalue weighted by Gasteiger charge is 2.30. The molecular weight excluding hydrogens is 226 g/mol. The third-order valence-electron chi connectivity index (χ3n) is 3.02. The second-order valence-electron chi connectivity index (χ2n) is 4.39. The molecule has 2 radical (unpaired) electrons. The highest BCUT2D eigenvalue weighted by molar-refractivity contribution is 6.12. The summed E-state index contributed by atoms with van der Waals surface area (Å²) in [5.74, 6) is 0.117. The molecule has 1 atom stereocenters. The topological polar surface area (TPSA) is 3.24 Å². The van der Waals surface area contributed by atoms with Crippen LogP contribution in [-0.4, -0.2) is 20.9 Å². The standard InChI is InChI=1S/C12H13BF3N/c13-10-2-1-7-17(8-10)11-5-3-9(4-6-11)12(14,15)16/h3-6,10H,1-2,7-8H2. The Balaban J connectivity index is 2.12. The first-order valence-corrected chi connectivity index (χ1v) is 5.64. The van der Waals surface area contributed by atoms with Crippen LogP contribution in [0.2, 0.25) is 5.82 Å². The smallest absolute Gasteiger partial charge is 0.372 e. The minimum atomic E-state index is -4.27. The van der Waals surface area contributed by atoms with E-state index < -0.39 is 11.7 Å². The van der Waals surface area contributed by atoms with Crippen molar-refractivity contribution in [3.8, 4) is 0 Å². The van der Waals surface area contributed by atoms with Crippen molar-refractivity contribution in [3.63, 3.8) is 0 Å². The summed E-state index contributed by atoms with van der Waals surface area (Å²) in [4.78, 5) is 2.04. The summed E-state index contributed by atoms with van der Waals surface area (Å²) in [6.45, 7) is 1.57.